The third kappa shape index (κ3) is 3.77. The molecule has 3 aliphatic carbocycles. The summed E-state index contributed by atoms with van der Waals surface area (Å²) < 4.78 is 0. The predicted octanol–water partition coefficient (Wildman–Crippen LogP) is 1.73. The molecular formula is C29H34N2O8. The van der Waals surface area contributed by atoms with Gasteiger partial charge in [0.1, 0.15) is 22.8 Å². The number of fused-ring (bicyclic) bond motifs is 3. The van der Waals surface area contributed by atoms with Crippen LogP contribution in [0, 0.1) is 11.8 Å². The molecule has 1 saturated carbocycles. The summed E-state index contributed by atoms with van der Waals surface area (Å²) in [5.74, 6) is -9.23. The summed E-state index contributed by atoms with van der Waals surface area (Å²) in [5, 5.41) is 57.2. The van der Waals surface area contributed by atoms with Gasteiger partial charge < -0.3 is 31.3 Å². The van der Waals surface area contributed by atoms with Gasteiger partial charge in [-0.05, 0) is 49.9 Å². The Labute approximate surface area is 226 Å². The van der Waals surface area contributed by atoms with Crippen molar-refractivity contribution in [2.75, 3.05) is 14.1 Å². The first-order chi connectivity index (χ1) is 18.3. The van der Waals surface area contributed by atoms with Gasteiger partial charge in [-0.1, -0.05) is 31.2 Å². The number of phenolic OH excluding ortho intramolecular Hbond substituents is 1. The number of nitrogens with zero attached hydrogens (tertiary/aromatic N) is 1. The first-order valence-corrected chi connectivity index (χ1v) is 12.7. The number of allylic oxidation sites excluding steroid dienone is 2. The fraction of sp³-hybridized carbons (Fsp3) is 0.414. The first kappa shape index (κ1) is 28.3. The van der Waals surface area contributed by atoms with Crippen LogP contribution >= 0.6 is 0 Å². The van der Waals surface area contributed by atoms with Crippen molar-refractivity contribution in [1.29, 1.82) is 0 Å². The Balaban J connectivity index is 2.01. The summed E-state index contributed by atoms with van der Waals surface area (Å²) in [5.41, 5.74) is 1.95. The van der Waals surface area contributed by atoms with E-state index in [0.29, 0.717) is 24.0 Å². The molecule has 0 radical (unpaired) electrons. The zero-order chi connectivity index (χ0) is 29.1. The van der Waals surface area contributed by atoms with Gasteiger partial charge in [-0.2, -0.15) is 0 Å². The van der Waals surface area contributed by atoms with Crippen LogP contribution in [-0.4, -0.2) is 79.7 Å². The van der Waals surface area contributed by atoms with Crippen molar-refractivity contribution in [2.45, 2.75) is 49.3 Å². The van der Waals surface area contributed by atoms with Gasteiger partial charge in [-0.3, -0.25) is 19.3 Å². The van der Waals surface area contributed by atoms with Gasteiger partial charge in [0.15, 0.2) is 11.4 Å². The number of hydrogen-bond donors (Lipinski definition) is 6. The summed E-state index contributed by atoms with van der Waals surface area (Å²) in [6, 6.07) is 2.03. The van der Waals surface area contributed by atoms with Gasteiger partial charge >= 0.3 is 0 Å². The topological polar surface area (TPSA) is 182 Å². The molecule has 1 amide bonds. The minimum Gasteiger partial charge on any atom is -0.508 e. The maximum Gasteiger partial charge on any atom is 0.255 e. The zero-order valence-electron chi connectivity index (χ0n) is 22.1. The Kier molecular flexibility index (Phi) is 7.09. The molecule has 0 bridgehead atoms. The molecule has 6 atom stereocenters. The Morgan fingerprint density at radius 3 is 2.26 bits per heavy atom. The normalized spacial score (nSPS) is 30.3. The highest BCUT2D eigenvalue weighted by atomic mass is 16.4. The van der Waals surface area contributed by atoms with Crippen molar-refractivity contribution >= 4 is 23.2 Å². The number of likely N-dealkylation sites (N-methyl/N-ethyl adjacent to an activating group) is 1. The molecule has 10 heteroatoms. The van der Waals surface area contributed by atoms with E-state index in [9.17, 15) is 39.9 Å². The van der Waals surface area contributed by atoms with Crippen LogP contribution in [0.25, 0.3) is 5.76 Å². The number of nitrogens with two attached hydrogens (primary N) is 1. The molecule has 1 aromatic rings. The number of phenols is 1. The van der Waals surface area contributed by atoms with E-state index in [0.717, 1.165) is 0 Å². The number of carbonyl (C=O) groups is 3. The number of aromatic hydroxyl groups is 1. The summed E-state index contributed by atoms with van der Waals surface area (Å²) in [6.45, 7) is 9.21. The number of hydrogen-bond acceptors (Lipinski definition) is 9. The van der Waals surface area contributed by atoms with Crippen LogP contribution < -0.4 is 5.73 Å². The van der Waals surface area contributed by atoms with E-state index in [1.807, 2.05) is 0 Å². The maximum absolute atomic E-state index is 14.1. The highest BCUT2D eigenvalue weighted by Crippen LogP contribution is 2.56. The number of carbonyl (C=O) groups excluding carboxylic acids is 3. The third-order valence-electron chi connectivity index (χ3n) is 8.50. The average molecular weight is 539 g/mol. The van der Waals surface area contributed by atoms with Crippen LogP contribution in [0.2, 0.25) is 0 Å². The quantitative estimate of drug-likeness (QED) is 0.222. The van der Waals surface area contributed by atoms with E-state index < -0.39 is 75.6 Å². The van der Waals surface area contributed by atoms with Crippen molar-refractivity contribution in [2.24, 2.45) is 17.6 Å². The second kappa shape index (κ2) is 9.78. The van der Waals surface area contributed by atoms with Crippen LogP contribution in [0.3, 0.4) is 0 Å². The molecule has 4 rings (SSSR count). The Bertz CT molecular complexity index is 1350. The number of benzene rings is 1. The number of aliphatic hydroxyl groups is 4. The van der Waals surface area contributed by atoms with Gasteiger partial charge in [0.05, 0.1) is 23.6 Å². The molecule has 0 heterocycles. The van der Waals surface area contributed by atoms with E-state index in [-0.39, 0.29) is 17.2 Å². The van der Waals surface area contributed by atoms with E-state index in [1.165, 1.54) is 19.0 Å². The van der Waals surface area contributed by atoms with Crippen LogP contribution in [0.15, 0.2) is 54.3 Å². The highest BCUT2D eigenvalue weighted by Gasteiger charge is 2.68. The predicted molar refractivity (Wildman–Crippen MR) is 143 cm³/mol. The Morgan fingerprint density at radius 1 is 1.15 bits per heavy atom. The Hall–Kier alpha value is -3.73. The maximum atomic E-state index is 14.1. The standard InChI is InChI=1S/C29H34N2O8/c1-6-8-13(9-7-2)15-11-10-14-12(3)16-18(23(33)17(14)22(15)32)26(36)29(39)20(24(16)34)21(31(4)5)25(35)19(27(29)37)28(30)38/h6-7,10-13,16,20-21,24,32-34,37,39H,1-2,8-9H2,3-5H3,(H2,30,38)/t12-,16+,20+,21-,24-,29-/m1/s1. The van der Waals surface area contributed by atoms with Crippen molar-refractivity contribution in [3.63, 3.8) is 0 Å². The number of amides is 1. The fourth-order valence-corrected chi connectivity index (χ4v) is 6.71. The van der Waals surface area contributed by atoms with Crippen molar-refractivity contribution in [1.82, 2.24) is 4.90 Å². The lowest BCUT2D eigenvalue weighted by molar-refractivity contribution is -0.169. The molecule has 0 unspecified atom stereocenters. The van der Waals surface area contributed by atoms with E-state index in [4.69, 9.17) is 5.73 Å². The van der Waals surface area contributed by atoms with Crippen molar-refractivity contribution in [3.8, 4) is 5.75 Å². The molecule has 0 aliphatic heterocycles. The third-order valence-corrected chi connectivity index (χ3v) is 8.50. The van der Waals surface area contributed by atoms with Crippen LogP contribution in [0.5, 0.6) is 5.75 Å². The number of primary amides is 1. The lowest BCUT2D eigenvalue weighted by Gasteiger charge is -2.53. The van der Waals surface area contributed by atoms with Crippen LogP contribution in [0.1, 0.15) is 48.3 Å². The lowest BCUT2D eigenvalue weighted by atomic mass is 9.54. The number of aliphatic hydroxyl groups excluding tert-OH is 3. The number of ketones is 2. The van der Waals surface area contributed by atoms with Crippen LogP contribution in [0.4, 0.5) is 0 Å². The molecule has 3 aliphatic rings. The van der Waals surface area contributed by atoms with Gasteiger partial charge in [-0.15, -0.1) is 13.2 Å². The molecule has 39 heavy (non-hydrogen) atoms. The monoisotopic (exact) mass is 538 g/mol. The van der Waals surface area contributed by atoms with Gasteiger partial charge in [0.25, 0.3) is 5.91 Å². The lowest BCUT2D eigenvalue weighted by Crippen LogP contribution is -2.70. The molecule has 0 spiro atoms. The van der Waals surface area contributed by atoms with E-state index in [1.54, 1.807) is 31.2 Å². The summed E-state index contributed by atoms with van der Waals surface area (Å²) in [7, 11) is 2.93. The molecule has 208 valence electrons. The second-order valence-corrected chi connectivity index (χ2v) is 10.8. The van der Waals surface area contributed by atoms with Gasteiger partial charge in [0, 0.05) is 11.5 Å². The van der Waals surface area contributed by atoms with Crippen molar-refractivity contribution < 1.29 is 39.9 Å². The summed E-state index contributed by atoms with van der Waals surface area (Å²) in [6.07, 6.45) is 2.76. The minimum atomic E-state index is -2.94. The Morgan fingerprint density at radius 2 is 1.74 bits per heavy atom. The van der Waals surface area contributed by atoms with Gasteiger partial charge in [0.2, 0.25) is 5.78 Å². The molecule has 1 fully saturated rings. The largest absolute Gasteiger partial charge is 0.508 e. The number of Topliss-reactive ketones (excluding diaryl/α,β-unsaturated/α-hetero) is 2. The molecule has 10 nitrogen and oxygen atoms in total. The van der Waals surface area contributed by atoms with Crippen LogP contribution in [-0.2, 0) is 14.4 Å². The second-order valence-electron chi connectivity index (χ2n) is 10.8. The van der Waals surface area contributed by atoms with Crippen molar-refractivity contribution in [3.05, 3.63) is 71.0 Å². The summed E-state index contributed by atoms with van der Waals surface area (Å²) in [4.78, 5) is 40.7. The van der Waals surface area contributed by atoms with E-state index in [2.05, 4.69) is 13.2 Å². The number of rotatable bonds is 7. The smallest absolute Gasteiger partial charge is 0.255 e. The molecule has 7 N–H and O–H groups in total. The first-order valence-electron chi connectivity index (χ1n) is 12.7. The average Bonchev–Trinajstić information content (AvgIpc) is 2.85. The zero-order valence-corrected chi connectivity index (χ0v) is 22.1. The molecule has 1 aromatic carbocycles. The molecular weight excluding hydrogens is 504 g/mol. The SMILES string of the molecule is C=CCC(CC=C)c1ccc2c(c1O)C(O)=C1C(=O)[C@@]3(O)C(O)=C(C(N)=O)C(=O)[C@H](N(C)C)[C@H]3[C@H](O)[C@H]1[C@@H]2C. The molecule has 0 aromatic heterocycles. The highest BCUT2D eigenvalue weighted by molar-refractivity contribution is 6.24. The van der Waals surface area contributed by atoms with E-state index >= 15 is 0 Å². The molecule has 0 saturated heterocycles. The fourth-order valence-electron chi connectivity index (χ4n) is 6.71. The minimum absolute atomic E-state index is 0.0263. The van der Waals surface area contributed by atoms with Gasteiger partial charge in [-0.25, -0.2) is 0 Å². The summed E-state index contributed by atoms with van der Waals surface area (Å²) >= 11 is 0.